The van der Waals surface area contributed by atoms with E-state index in [0.29, 0.717) is 24.0 Å². The summed E-state index contributed by atoms with van der Waals surface area (Å²) in [4.78, 5) is 3.19. The van der Waals surface area contributed by atoms with Gasteiger partial charge in [0.15, 0.2) is 0 Å². The van der Waals surface area contributed by atoms with Gasteiger partial charge in [-0.25, -0.2) is 8.42 Å². The number of aliphatic hydroxyl groups excluding tert-OH is 1. The van der Waals surface area contributed by atoms with E-state index >= 15 is 0 Å². The highest BCUT2D eigenvalue weighted by molar-refractivity contribution is 7.89. The Kier molecular flexibility index (Phi) is 3.65. The Hall–Kier alpha value is -0.470. The first-order valence-electron chi connectivity index (χ1n) is 6.54. The lowest BCUT2D eigenvalue weighted by Gasteiger charge is -2.34. The molecule has 0 amide bonds. The van der Waals surface area contributed by atoms with Crippen molar-refractivity contribution in [2.45, 2.75) is 30.4 Å². The van der Waals surface area contributed by atoms with Crippen LogP contribution in [0.5, 0.6) is 0 Å². The first kappa shape index (κ1) is 13.5. The van der Waals surface area contributed by atoms with Crippen LogP contribution in [-0.4, -0.2) is 55.0 Å². The number of hydrogen-bond acceptors (Lipinski definition) is 5. The molecule has 7 heteroatoms. The standard InChI is InChI=1S/C12H18N2O3S2/c15-9-11-12(3-8-18-11)19(16,17)14-6-4-13(5-7-14)10-1-2-10/h3,8,10,15H,1-2,4-7,9H2. The summed E-state index contributed by atoms with van der Waals surface area (Å²) in [5, 5.41) is 10.9. The zero-order valence-corrected chi connectivity index (χ0v) is 12.3. The molecular weight excluding hydrogens is 284 g/mol. The third-order valence-corrected chi connectivity index (χ3v) is 6.82. The van der Waals surface area contributed by atoms with Crippen molar-refractivity contribution in [3.8, 4) is 0 Å². The van der Waals surface area contributed by atoms with Gasteiger partial charge in [-0.1, -0.05) is 0 Å². The van der Waals surface area contributed by atoms with Crippen LogP contribution in [0.25, 0.3) is 0 Å². The van der Waals surface area contributed by atoms with E-state index in [1.807, 2.05) is 0 Å². The summed E-state index contributed by atoms with van der Waals surface area (Å²) >= 11 is 1.29. The highest BCUT2D eigenvalue weighted by Crippen LogP contribution is 2.30. The van der Waals surface area contributed by atoms with E-state index in [0.717, 1.165) is 13.1 Å². The van der Waals surface area contributed by atoms with Crippen molar-refractivity contribution in [3.05, 3.63) is 16.3 Å². The highest BCUT2D eigenvalue weighted by Gasteiger charge is 2.35. The van der Waals surface area contributed by atoms with Crippen LogP contribution < -0.4 is 0 Å². The molecule has 1 aliphatic heterocycles. The SMILES string of the molecule is O=S(=O)(c1ccsc1CO)N1CCN(C2CC2)CC1. The smallest absolute Gasteiger partial charge is 0.244 e. The van der Waals surface area contributed by atoms with Crippen molar-refractivity contribution in [3.63, 3.8) is 0 Å². The predicted octanol–water partition coefficient (Wildman–Crippen LogP) is 0.709. The van der Waals surface area contributed by atoms with Gasteiger partial charge in [-0.3, -0.25) is 4.90 Å². The van der Waals surface area contributed by atoms with Gasteiger partial charge in [-0.05, 0) is 24.3 Å². The molecule has 1 aromatic rings. The minimum absolute atomic E-state index is 0.214. The van der Waals surface area contributed by atoms with E-state index in [4.69, 9.17) is 0 Å². The Labute approximate surface area is 117 Å². The Morgan fingerprint density at radius 3 is 2.53 bits per heavy atom. The second-order valence-corrected chi connectivity index (χ2v) is 7.94. The summed E-state index contributed by atoms with van der Waals surface area (Å²) in [5.74, 6) is 0. The molecule has 0 spiro atoms. The Morgan fingerprint density at radius 1 is 1.26 bits per heavy atom. The van der Waals surface area contributed by atoms with Crippen LogP contribution >= 0.6 is 11.3 Å². The van der Waals surface area contributed by atoms with Crippen LogP contribution in [0.2, 0.25) is 0 Å². The molecule has 106 valence electrons. The number of hydrogen-bond donors (Lipinski definition) is 1. The summed E-state index contributed by atoms with van der Waals surface area (Å²) in [5.41, 5.74) is 0. The van der Waals surface area contributed by atoms with Crippen molar-refractivity contribution in [1.82, 2.24) is 9.21 Å². The van der Waals surface area contributed by atoms with E-state index in [2.05, 4.69) is 4.90 Å². The molecule has 0 unspecified atom stereocenters. The first-order chi connectivity index (χ1) is 9.13. The average Bonchev–Trinajstić information content (AvgIpc) is 3.15. The summed E-state index contributed by atoms with van der Waals surface area (Å²) in [6.07, 6.45) is 2.51. The van der Waals surface area contributed by atoms with Crippen LogP contribution in [-0.2, 0) is 16.6 Å². The number of aliphatic hydroxyl groups is 1. The lowest BCUT2D eigenvalue weighted by Crippen LogP contribution is -2.49. The lowest BCUT2D eigenvalue weighted by atomic mass is 10.3. The van der Waals surface area contributed by atoms with E-state index in [-0.39, 0.29) is 11.5 Å². The summed E-state index contributed by atoms with van der Waals surface area (Å²) in [6, 6.07) is 2.29. The van der Waals surface area contributed by atoms with Crippen LogP contribution in [0.1, 0.15) is 17.7 Å². The fourth-order valence-corrected chi connectivity index (χ4v) is 5.25. The maximum Gasteiger partial charge on any atom is 0.244 e. The zero-order valence-electron chi connectivity index (χ0n) is 10.7. The molecule has 5 nitrogen and oxygen atoms in total. The third kappa shape index (κ3) is 2.57. The number of sulfonamides is 1. The lowest BCUT2D eigenvalue weighted by molar-refractivity contribution is 0.180. The van der Waals surface area contributed by atoms with Gasteiger partial charge in [-0.2, -0.15) is 4.31 Å². The molecule has 0 atom stereocenters. The highest BCUT2D eigenvalue weighted by atomic mass is 32.2. The van der Waals surface area contributed by atoms with Crippen molar-refractivity contribution in [1.29, 1.82) is 0 Å². The number of rotatable bonds is 4. The molecular formula is C12H18N2O3S2. The molecule has 1 saturated heterocycles. The van der Waals surface area contributed by atoms with Gasteiger partial charge in [0.2, 0.25) is 10.0 Å². The largest absolute Gasteiger partial charge is 0.391 e. The molecule has 2 aliphatic rings. The Morgan fingerprint density at radius 2 is 1.95 bits per heavy atom. The quantitative estimate of drug-likeness (QED) is 0.890. The normalized spacial score (nSPS) is 22.8. The van der Waals surface area contributed by atoms with Crippen LogP contribution in [0.15, 0.2) is 16.3 Å². The summed E-state index contributed by atoms with van der Waals surface area (Å²) in [7, 11) is -3.43. The second kappa shape index (κ2) is 5.14. The molecule has 0 bridgehead atoms. The molecule has 3 rings (SSSR count). The second-order valence-electron chi connectivity index (χ2n) is 5.04. The molecule has 1 saturated carbocycles. The van der Waals surface area contributed by atoms with Crippen molar-refractivity contribution in [2.24, 2.45) is 0 Å². The van der Waals surface area contributed by atoms with Crippen molar-refractivity contribution < 1.29 is 13.5 Å². The van der Waals surface area contributed by atoms with Gasteiger partial charge in [0.1, 0.15) is 0 Å². The number of piperazine rings is 1. The summed E-state index contributed by atoms with van der Waals surface area (Å²) in [6.45, 7) is 2.54. The van der Waals surface area contributed by atoms with E-state index in [9.17, 15) is 13.5 Å². The third-order valence-electron chi connectivity index (χ3n) is 3.80. The fraction of sp³-hybridized carbons (Fsp3) is 0.667. The Balaban J connectivity index is 1.74. The molecule has 0 radical (unpaired) electrons. The number of nitrogens with zero attached hydrogens (tertiary/aromatic N) is 2. The van der Waals surface area contributed by atoms with Crippen molar-refractivity contribution >= 4 is 21.4 Å². The molecule has 0 aromatic carbocycles. The molecule has 1 aliphatic carbocycles. The first-order valence-corrected chi connectivity index (χ1v) is 8.86. The van der Waals surface area contributed by atoms with Gasteiger partial charge in [-0.15, -0.1) is 11.3 Å². The van der Waals surface area contributed by atoms with E-state index in [1.165, 1.54) is 24.2 Å². The van der Waals surface area contributed by atoms with E-state index in [1.54, 1.807) is 15.8 Å². The van der Waals surface area contributed by atoms with Gasteiger partial charge >= 0.3 is 0 Å². The van der Waals surface area contributed by atoms with Gasteiger partial charge < -0.3 is 5.11 Å². The van der Waals surface area contributed by atoms with Crippen molar-refractivity contribution in [2.75, 3.05) is 26.2 Å². The molecule has 19 heavy (non-hydrogen) atoms. The zero-order chi connectivity index (χ0) is 13.5. The fourth-order valence-electron chi connectivity index (χ4n) is 2.56. The van der Waals surface area contributed by atoms with Crippen LogP contribution in [0, 0.1) is 0 Å². The molecule has 2 heterocycles. The molecule has 1 aromatic heterocycles. The minimum Gasteiger partial charge on any atom is -0.391 e. The van der Waals surface area contributed by atoms with Gasteiger partial charge in [0.25, 0.3) is 0 Å². The van der Waals surface area contributed by atoms with Crippen LogP contribution in [0.4, 0.5) is 0 Å². The average molecular weight is 302 g/mol. The maximum absolute atomic E-state index is 12.5. The topological polar surface area (TPSA) is 60.9 Å². The minimum atomic E-state index is -3.43. The van der Waals surface area contributed by atoms with Gasteiger partial charge in [0, 0.05) is 37.1 Å². The predicted molar refractivity (Wildman–Crippen MR) is 73.6 cm³/mol. The molecule has 1 N–H and O–H groups in total. The summed E-state index contributed by atoms with van der Waals surface area (Å²) < 4.78 is 26.6. The van der Waals surface area contributed by atoms with Crippen LogP contribution in [0.3, 0.4) is 0 Å². The number of thiophene rings is 1. The Bertz CT molecular complexity index is 543. The molecule has 2 fully saturated rings. The monoisotopic (exact) mass is 302 g/mol. The van der Waals surface area contributed by atoms with Gasteiger partial charge in [0.05, 0.1) is 11.5 Å². The maximum atomic E-state index is 12.5. The van der Waals surface area contributed by atoms with E-state index < -0.39 is 10.0 Å².